The summed E-state index contributed by atoms with van der Waals surface area (Å²) in [6.45, 7) is 0. The second kappa shape index (κ2) is 4.57. The first kappa shape index (κ1) is 17.5. The Kier molecular flexibility index (Phi) is 4.44. The van der Waals surface area contributed by atoms with Crippen molar-refractivity contribution in [2.24, 2.45) is 0 Å². The highest BCUT2D eigenvalue weighted by Gasteiger charge is 2.83. The van der Waals surface area contributed by atoms with Gasteiger partial charge in [-0.05, 0) is 0 Å². The fraction of sp³-hybridized carbons (Fsp3) is 1.00. The van der Waals surface area contributed by atoms with Gasteiger partial charge in [0.2, 0.25) is 0 Å². The lowest BCUT2D eigenvalue weighted by Crippen LogP contribution is -2.65. The van der Waals surface area contributed by atoms with E-state index in [4.69, 9.17) is 0 Å². The second-order valence-electron chi connectivity index (χ2n) is 3.00. The molecular formula is C6H2ClF11. The van der Waals surface area contributed by atoms with Gasteiger partial charge in [-0.3, -0.25) is 0 Å². The van der Waals surface area contributed by atoms with E-state index in [0.29, 0.717) is 0 Å². The lowest BCUT2D eigenvalue weighted by atomic mass is 10.00. The van der Waals surface area contributed by atoms with Crippen LogP contribution in [0.5, 0.6) is 0 Å². The fourth-order valence-corrected chi connectivity index (χ4v) is 0.811. The molecule has 0 saturated heterocycles. The van der Waals surface area contributed by atoms with Crippen LogP contribution in [0.1, 0.15) is 0 Å². The van der Waals surface area contributed by atoms with Gasteiger partial charge in [0.15, 0.2) is 0 Å². The molecule has 0 N–H and O–H groups in total. The molecule has 0 aromatic carbocycles. The Hall–Kier alpha value is -0.480. The predicted octanol–water partition coefficient (Wildman–Crippen LogP) is 4.33. The number of halogens is 12. The first-order valence-electron chi connectivity index (χ1n) is 3.71. The molecule has 0 saturated carbocycles. The van der Waals surface area contributed by atoms with E-state index in [1.54, 1.807) is 0 Å². The highest BCUT2D eigenvalue weighted by Crippen LogP contribution is 2.56. The summed E-state index contributed by atoms with van der Waals surface area (Å²) in [6, 6.07) is 0. The summed E-state index contributed by atoms with van der Waals surface area (Å²) in [6.07, 6.45) is -10.4. The van der Waals surface area contributed by atoms with Gasteiger partial charge in [0.05, 0.1) is 0 Å². The third-order valence-corrected chi connectivity index (χ3v) is 2.18. The maximum Gasteiger partial charge on any atom is 0.382 e. The lowest BCUT2D eigenvalue weighted by molar-refractivity contribution is -0.363. The Morgan fingerprint density at radius 2 is 0.944 bits per heavy atom. The predicted molar refractivity (Wildman–Crippen MR) is 36.5 cm³/mol. The van der Waals surface area contributed by atoms with Crippen molar-refractivity contribution in [1.82, 2.24) is 0 Å². The van der Waals surface area contributed by atoms with Crippen LogP contribution >= 0.6 is 11.6 Å². The Labute approximate surface area is 96.7 Å². The van der Waals surface area contributed by atoms with Gasteiger partial charge in [-0.1, -0.05) is 11.6 Å². The van der Waals surface area contributed by atoms with E-state index in [-0.39, 0.29) is 0 Å². The Balaban J connectivity index is 5.74. The Morgan fingerprint density at radius 1 is 0.611 bits per heavy atom. The molecule has 0 aromatic heterocycles. The van der Waals surface area contributed by atoms with Crippen molar-refractivity contribution in [2.75, 3.05) is 0 Å². The third kappa shape index (κ3) is 2.21. The summed E-state index contributed by atoms with van der Waals surface area (Å²) in [5.74, 6) is -20.8. The molecule has 12 heteroatoms. The zero-order chi connectivity index (χ0) is 15.2. The zero-order valence-electron chi connectivity index (χ0n) is 7.69. The highest BCUT2D eigenvalue weighted by molar-refractivity contribution is 6.24. The van der Waals surface area contributed by atoms with Crippen molar-refractivity contribution < 1.29 is 48.3 Å². The van der Waals surface area contributed by atoms with E-state index in [1.807, 2.05) is 0 Å². The average molecular weight is 319 g/mol. The molecule has 0 rings (SSSR count). The smallest absolute Gasteiger partial charge is 0.213 e. The van der Waals surface area contributed by atoms with Gasteiger partial charge in [0, 0.05) is 0 Å². The summed E-state index contributed by atoms with van der Waals surface area (Å²) >= 11 is 3.73. The molecule has 0 nitrogen and oxygen atoms in total. The molecule has 110 valence electrons. The molecule has 0 aliphatic carbocycles. The van der Waals surface area contributed by atoms with Crippen LogP contribution in [0.2, 0.25) is 0 Å². The van der Waals surface area contributed by atoms with E-state index < -0.39 is 35.7 Å². The van der Waals surface area contributed by atoms with E-state index in [2.05, 4.69) is 11.6 Å². The summed E-state index contributed by atoms with van der Waals surface area (Å²) in [4.78, 5) is 0. The molecule has 0 heterocycles. The first-order chi connectivity index (χ1) is 7.64. The van der Waals surface area contributed by atoms with Crippen molar-refractivity contribution in [2.45, 2.75) is 35.7 Å². The zero-order valence-corrected chi connectivity index (χ0v) is 8.45. The summed E-state index contributed by atoms with van der Waals surface area (Å²) in [5, 5.41) is -5.94. The Bertz CT molecular complexity index is 266. The van der Waals surface area contributed by atoms with Crippen LogP contribution in [-0.2, 0) is 0 Å². The average Bonchev–Trinajstić information content (AvgIpc) is 2.15. The van der Waals surface area contributed by atoms with Crippen LogP contribution < -0.4 is 0 Å². The molecule has 0 fully saturated rings. The van der Waals surface area contributed by atoms with Gasteiger partial charge in [0.25, 0.3) is 6.43 Å². The molecule has 0 aliphatic rings. The van der Waals surface area contributed by atoms with Gasteiger partial charge in [-0.15, -0.1) is 0 Å². The van der Waals surface area contributed by atoms with Gasteiger partial charge in [0.1, 0.15) is 0 Å². The molecular weight excluding hydrogens is 316 g/mol. The maximum atomic E-state index is 12.5. The van der Waals surface area contributed by atoms with Crippen molar-refractivity contribution in [3.8, 4) is 0 Å². The van der Waals surface area contributed by atoms with Gasteiger partial charge in [-0.25, -0.2) is 22.0 Å². The molecule has 0 spiro atoms. The van der Waals surface area contributed by atoms with E-state index in [9.17, 15) is 48.3 Å². The van der Waals surface area contributed by atoms with Crippen LogP contribution in [0.15, 0.2) is 0 Å². The minimum absolute atomic E-state index is 3.73. The first-order valence-corrected chi connectivity index (χ1v) is 4.09. The molecule has 0 aliphatic heterocycles. The summed E-state index contributed by atoms with van der Waals surface area (Å²) in [7, 11) is 0. The van der Waals surface area contributed by atoms with E-state index in [0.717, 1.165) is 0 Å². The molecule has 0 bridgehead atoms. The number of rotatable bonds is 5. The van der Waals surface area contributed by atoms with E-state index in [1.165, 1.54) is 0 Å². The molecule has 0 aromatic rings. The highest BCUT2D eigenvalue weighted by atomic mass is 35.5. The second-order valence-corrected chi connectivity index (χ2v) is 3.55. The van der Waals surface area contributed by atoms with E-state index >= 15 is 0 Å². The Morgan fingerprint density at radius 3 is 1.17 bits per heavy atom. The van der Waals surface area contributed by atoms with Crippen molar-refractivity contribution in [3.05, 3.63) is 0 Å². The molecule has 18 heavy (non-hydrogen) atoms. The fourth-order valence-electron chi connectivity index (χ4n) is 0.693. The van der Waals surface area contributed by atoms with Crippen molar-refractivity contribution in [3.63, 3.8) is 0 Å². The van der Waals surface area contributed by atoms with Crippen LogP contribution in [0.4, 0.5) is 48.3 Å². The van der Waals surface area contributed by atoms with Crippen molar-refractivity contribution >= 4 is 11.6 Å². The molecule has 0 amide bonds. The minimum Gasteiger partial charge on any atom is -0.213 e. The molecule has 1 atom stereocenters. The monoisotopic (exact) mass is 318 g/mol. The largest absolute Gasteiger partial charge is 0.382 e. The SMILES string of the molecule is FC(F)C(F)(F)C(F)(F)C(F)(F)C(F)(Cl)C(F)F. The minimum atomic E-state index is -7.12. The third-order valence-electron chi connectivity index (χ3n) is 1.78. The van der Waals surface area contributed by atoms with Crippen LogP contribution in [0.3, 0.4) is 0 Å². The lowest BCUT2D eigenvalue weighted by Gasteiger charge is -2.36. The number of hydrogen-bond donors (Lipinski definition) is 0. The standard InChI is InChI=1S/C6H2ClF11/c7-3(12,1(8)9)5(15,16)6(17,18)4(13,14)2(10)11/h1-2H. The maximum absolute atomic E-state index is 12.5. The van der Waals surface area contributed by atoms with Crippen molar-refractivity contribution in [1.29, 1.82) is 0 Å². The quantitative estimate of drug-likeness (QED) is 0.523. The van der Waals surface area contributed by atoms with Crippen LogP contribution in [0.25, 0.3) is 0 Å². The molecule has 0 radical (unpaired) electrons. The van der Waals surface area contributed by atoms with Gasteiger partial charge in [-0.2, -0.15) is 26.3 Å². The topological polar surface area (TPSA) is 0 Å². The van der Waals surface area contributed by atoms with Crippen LogP contribution in [0, 0.1) is 0 Å². The summed E-state index contributed by atoms with van der Waals surface area (Å²) in [5.41, 5.74) is 0. The normalized spacial score (nSPS) is 18.3. The summed E-state index contributed by atoms with van der Waals surface area (Å²) < 4.78 is 133. The van der Waals surface area contributed by atoms with Gasteiger partial charge >= 0.3 is 29.3 Å². The number of alkyl halides is 12. The number of hydrogen-bond acceptors (Lipinski definition) is 0. The molecule has 1 unspecified atom stereocenters. The van der Waals surface area contributed by atoms with Crippen LogP contribution in [-0.4, -0.2) is 35.7 Å². The van der Waals surface area contributed by atoms with Gasteiger partial charge < -0.3 is 0 Å².